The molecule has 0 saturated carbocycles. The first-order valence-electron chi connectivity index (χ1n) is 7.51. The van der Waals surface area contributed by atoms with E-state index in [2.05, 4.69) is 32.2 Å². The van der Waals surface area contributed by atoms with Crippen molar-refractivity contribution in [3.8, 4) is 0 Å². The van der Waals surface area contributed by atoms with Crippen LogP contribution in [-0.2, 0) is 0 Å². The zero-order chi connectivity index (χ0) is 12.9. The maximum absolute atomic E-state index is 4.44. The molecular formula is C15H24N4. The molecule has 4 heteroatoms. The van der Waals surface area contributed by atoms with Crippen LogP contribution >= 0.6 is 0 Å². The van der Waals surface area contributed by atoms with E-state index in [-0.39, 0.29) is 0 Å². The van der Waals surface area contributed by atoms with Crippen LogP contribution in [0, 0.1) is 5.92 Å². The molecule has 1 aromatic rings. The monoisotopic (exact) mass is 260 g/mol. The molecule has 19 heavy (non-hydrogen) atoms. The second kappa shape index (κ2) is 6.35. The number of anilines is 1. The Kier molecular flexibility index (Phi) is 4.30. The minimum absolute atomic E-state index is 0.857. The van der Waals surface area contributed by atoms with Crippen molar-refractivity contribution in [3.63, 3.8) is 0 Å². The van der Waals surface area contributed by atoms with Gasteiger partial charge in [0.2, 0.25) is 0 Å². The standard InChI is InChI=1S/C15H24N4/c1-2-7-17-15(5-1)19-10-8-18(9-11-19)13-14-4-3-6-16-12-14/h1-2,5,7,14,16H,3-4,6,8-13H2/t14-/m1/s1. The summed E-state index contributed by atoms with van der Waals surface area (Å²) in [5, 5.41) is 3.51. The van der Waals surface area contributed by atoms with Crippen molar-refractivity contribution in [2.45, 2.75) is 12.8 Å². The van der Waals surface area contributed by atoms with E-state index >= 15 is 0 Å². The molecule has 0 amide bonds. The van der Waals surface area contributed by atoms with Gasteiger partial charge in [-0.15, -0.1) is 0 Å². The van der Waals surface area contributed by atoms with Gasteiger partial charge in [-0.05, 0) is 44.0 Å². The highest BCUT2D eigenvalue weighted by Crippen LogP contribution is 2.16. The second-order valence-corrected chi connectivity index (χ2v) is 5.69. The summed E-state index contributed by atoms with van der Waals surface area (Å²) in [6, 6.07) is 6.17. The van der Waals surface area contributed by atoms with Crippen LogP contribution < -0.4 is 10.2 Å². The summed E-state index contributed by atoms with van der Waals surface area (Å²) >= 11 is 0. The fourth-order valence-electron chi connectivity index (χ4n) is 3.15. The fraction of sp³-hybridized carbons (Fsp3) is 0.667. The normalized spacial score (nSPS) is 25.5. The van der Waals surface area contributed by atoms with E-state index in [1.165, 1.54) is 45.6 Å². The molecule has 0 spiro atoms. The first-order chi connectivity index (χ1) is 9.42. The molecule has 2 aliphatic rings. The molecule has 0 bridgehead atoms. The molecule has 0 unspecified atom stereocenters. The fourth-order valence-corrected chi connectivity index (χ4v) is 3.15. The number of piperidine rings is 1. The first-order valence-corrected chi connectivity index (χ1v) is 7.51. The number of piperazine rings is 1. The molecule has 2 fully saturated rings. The van der Waals surface area contributed by atoms with Crippen LogP contribution in [0.4, 0.5) is 5.82 Å². The second-order valence-electron chi connectivity index (χ2n) is 5.69. The lowest BCUT2D eigenvalue weighted by Gasteiger charge is -2.37. The van der Waals surface area contributed by atoms with Crippen molar-refractivity contribution >= 4 is 5.82 Å². The molecule has 3 rings (SSSR count). The SMILES string of the molecule is c1ccc(N2CCN(C[C@@H]3CCCNC3)CC2)nc1. The molecule has 2 saturated heterocycles. The van der Waals surface area contributed by atoms with E-state index in [4.69, 9.17) is 0 Å². The average molecular weight is 260 g/mol. The van der Waals surface area contributed by atoms with Crippen LogP contribution in [0.1, 0.15) is 12.8 Å². The predicted octanol–water partition coefficient (Wildman–Crippen LogP) is 1.20. The van der Waals surface area contributed by atoms with Gasteiger partial charge >= 0.3 is 0 Å². The zero-order valence-electron chi connectivity index (χ0n) is 11.6. The van der Waals surface area contributed by atoms with Crippen LogP contribution in [0.5, 0.6) is 0 Å². The summed E-state index contributed by atoms with van der Waals surface area (Å²) in [7, 11) is 0. The van der Waals surface area contributed by atoms with E-state index in [0.29, 0.717) is 0 Å². The van der Waals surface area contributed by atoms with Gasteiger partial charge < -0.3 is 10.2 Å². The van der Waals surface area contributed by atoms with E-state index in [1.807, 2.05) is 12.3 Å². The van der Waals surface area contributed by atoms with Crippen LogP contribution in [0.3, 0.4) is 0 Å². The number of rotatable bonds is 3. The van der Waals surface area contributed by atoms with Gasteiger partial charge in [0.15, 0.2) is 0 Å². The van der Waals surface area contributed by atoms with Crippen LogP contribution in [0.25, 0.3) is 0 Å². The van der Waals surface area contributed by atoms with Gasteiger partial charge in [0, 0.05) is 38.9 Å². The lowest BCUT2D eigenvalue weighted by molar-refractivity contribution is 0.198. The third-order valence-electron chi connectivity index (χ3n) is 4.26. The molecule has 1 aromatic heterocycles. The summed E-state index contributed by atoms with van der Waals surface area (Å²) < 4.78 is 0. The molecule has 1 N–H and O–H groups in total. The summed E-state index contributed by atoms with van der Waals surface area (Å²) in [6.45, 7) is 8.25. The Balaban J connectivity index is 1.46. The molecular weight excluding hydrogens is 236 g/mol. The number of aromatic nitrogens is 1. The number of nitrogens with one attached hydrogen (secondary N) is 1. The summed E-state index contributed by atoms with van der Waals surface area (Å²) in [5.41, 5.74) is 0. The molecule has 0 aliphatic carbocycles. The molecule has 3 heterocycles. The predicted molar refractivity (Wildman–Crippen MR) is 78.5 cm³/mol. The minimum atomic E-state index is 0.857. The quantitative estimate of drug-likeness (QED) is 0.885. The van der Waals surface area contributed by atoms with Gasteiger partial charge in [-0.3, -0.25) is 4.90 Å². The van der Waals surface area contributed by atoms with Crippen molar-refractivity contribution < 1.29 is 0 Å². The van der Waals surface area contributed by atoms with Crippen molar-refractivity contribution in [3.05, 3.63) is 24.4 Å². The highest BCUT2D eigenvalue weighted by molar-refractivity contribution is 5.38. The summed E-state index contributed by atoms with van der Waals surface area (Å²) in [6.07, 6.45) is 4.63. The maximum atomic E-state index is 4.44. The lowest BCUT2D eigenvalue weighted by Crippen LogP contribution is -2.49. The van der Waals surface area contributed by atoms with Gasteiger partial charge in [-0.25, -0.2) is 4.98 Å². The third-order valence-corrected chi connectivity index (χ3v) is 4.26. The van der Waals surface area contributed by atoms with E-state index in [1.54, 1.807) is 0 Å². The molecule has 1 atom stereocenters. The minimum Gasteiger partial charge on any atom is -0.354 e. The molecule has 2 aliphatic heterocycles. The van der Waals surface area contributed by atoms with Gasteiger partial charge in [0.1, 0.15) is 5.82 Å². The number of pyridine rings is 1. The maximum Gasteiger partial charge on any atom is 0.128 e. The number of hydrogen-bond donors (Lipinski definition) is 1. The van der Waals surface area contributed by atoms with Crippen LogP contribution in [0.2, 0.25) is 0 Å². The third kappa shape index (κ3) is 3.45. The smallest absolute Gasteiger partial charge is 0.128 e. The van der Waals surface area contributed by atoms with Gasteiger partial charge in [0.05, 0.1) is 0 Å². The molecule has 0 aromatic carbocycles. The Morgan fingerprint density at radius 3 is 2.79 bits per heavy atom. The Labute approximate surface area is 115 Å². The van der Waals surface area contributed by atoms with E-state index in [0.717, 1.165) is 24.8 Å². The highest BCUT2D eigenvalue weighted by atomic mass is 15.3. The van der Waals surface area contributed by atoms with Crippen molar-refractivity contribution in [1.82, 2.24) is 15.2 Å². The molecule has 104 valence electrons. The van der Waals surface area contributed by atoms with E-state index < -0.39 is 0 Å². The summed E-state index contributed by atoms with van der Waals surface area (Å²) in [5.74, 6) is 1.98. The number of hydrogen-bond acceptors (Lipinski definition) is 4. The Hall–Kier alpha value is -1.13. The lowest BCUT2D eigenvalue weighted by atomic mass is 9.99. The van der Waals surface area contributed by atoms with Gasteiger partial charge in [-0.1, -0.05) is 6.07 Å². The van der Waals surface area contributed by atoms with Crippen molar-refractivity contribution in [1.29, 1.82) is 0 Å². The first kappa shape index (κ1) is 12.9. The average Bonchev–Trinajstić information content (AvgIpc) is 2.50. The Morgan fingerprint density at radius 2 is 2.11 bits per heavy atom. The molecule has 0 radical (unpaired) electrons. The summed E-state index contributed by atoms with van der Waals surface area (Å²) in [4.78, 5) is 9.46. The Morgan fingerprint density at radius 1 is 1.21 bits per heavy atom. The number of nitrogens with zero attached hydrogens (tertiary/aromatic N) is 3. The zero-order valence-corrected chi connectivity index (χ0v) is 11.6. The van der Waals surface area contributed by atoms with Gasteiger partial charge in [-0.2, -0.15) is 0 Å². The van der Waals surface area contributed by atoms with Crippen LogP contribution in [0.15, 0.2) is 24.4 Å². The largest absolute Gasteiger partial charge is 0.354 e. The highest BCUT2D eigenvalue weighted by Gasteiger charge is 2.21. The Bertz CT molecular complexity index is 367. The molecule has 4 nitrogen and oxygen atoms in total. The van der Waals surface area contributed by atoms with E-state index in [9.17, 15) is 0 Å². The topological polar surface area (TPSA) is 31.4 Å². The van der Waals surface area contributed by atoms with Crippen molar-refractivity contribution in [2.75, 3.05) is 50.7 Å². The van der Waals surface area contributed by atoms with Gasteiger partial charge in [0.25, 0.3) is 0 Å². The van der Waals surface area contributed by atoms with Crippen molar-refractivity contribution in [2.24, 2.45) is 5.92 Å². The van der Waals surface area contributed by atoms with Crippen LogP contribution in [-0.4, -0.2) is 55.7 Å².